The number of nitrogens with two attached hydrogens (primary N) is 1. The molecule has 5 aromatic rings. The predicted molar refractivity (Wildman–Crippen MR) is 378 cm³/mol. The van der Waals surface area contributed by atoms with Gasteiger partial charge in [-0.1, -0.05) is 31.2 Å². The van der Waals surface area contributed by atoms with Gasteiger partial charge in [0.1, 0.15) is 43.9 Å². The van der Waals surface area contributed by atoms with Gasteiger partial charge in [-0.2, -0.15) is 0 Å². The molecule has 3 aromatic heterocycles. The second-order valence-corrected chi connectivity index (χ2v) is 25.7. The number of hydrogen-bond donors (Lipinski definition) is 6. The quantitative estimate of drug-likeness (QED) is 0.0181. The Morgan fingerprint density at radius 2 is 1.38 bits per heavy atom. The summed E-state index contributed by atoms with van der Waals surface area (Å²) in [4.78, 5) is 123. The number of aromatic nitrogens is 5. The number of pyridine rings is 2. The number of phenolic OH excluding ortho intramolecular Hbond substituents is 1. The van der Waals surface area contributed by atoms with E-state index in [2.05, 4.69) is 31.6 Å². The lowest BCUT2D eigenvalue weighted by atomic mass is 9.81. The molecule has 1 saturated heterocycles. The maximum Gasteiger partial charge on any atom is 0.510 e. The number of unbranched alkanes of at least 4 members (excludes halogenated alkanes) is 1. The first-order valence-corrected chi connectivity index (χ1v) is 36.2. The summed E-state index contributed by atoms with van der Waals surface area (Å²) in [5, 5.41) is 30.3. The molecule has 6 heterocycles. The molecule has 106 heavy (non-hydrogen) atoms. The van der Waals surface area contributed by atoms with Gasteiger partial charge < -0.3 is 93.5 Å². The molecular formula is C73H98N11O22. The first kappa shape index (κ1) is 81.2. The van der Waals surface area contributed by atoms with Gasteiger partial charge >= 0.3 is 12.1 Å². The lowest BCUT2D eigenvalue weighted by Crippen LogP contribution is -2.47. The van der Waals surface area contributed by atoms with Crippen LogP contribution in [0.4, 0.5) is 10.5 Å². The van der Waals surface area contributed by atoms with Crippen molar-refractivity contribution in [2.24, 2.45) is 17.6 Å². The fourth-order valence-corrected chi connectivity index (χ4v) is 12.7. The van der Waals surface area contributed by atoms with Gasteiger partial charge in [-0.15, -0.1) is 5.10 Å². The summed E-state index contributed by atoms with van der Waals surface area (Å²) in [6.45, 7) is 10.2. The van der Waals surface area contributed by atoms with Gasteiger partial charge in [0.2, 0.25) is 41.0 Å². The minimum atomic E-state index is -2.01. The summed E-state index contributed by atoms with van der Waals surface area (Å²) in [6.07, 6.45) is 7.15. The molecule has 2 atom stereocenters. The molecule has 9 rings (SSSR count). The summed E-state index contributed by atoms with van der Waals surface area (Å²) < 4.78 is 69.8. The number of fused-ring (bicyclic) bond motifs is 5. The molecule has 0 bridgehead atoms. The number of esters is 1. The average Bonchev–Trinajstić information content (AvgIpc) is 1.49. The highest BCUT2D eigenvalue weighted by atomic mass is 16.7. The van der Waals surface area contributed by atoms with Gasteiger partial charge in [-0.05, 0) is 118 Å². The Bertz CT molecular complexity index is 3790. The van der Waals surface area contributed by atoms with Crippen molar-refractivity contribution in [3.05, 3.63) is 105 Å². The summed E-state index contributed by atoms with van der Waals surface area (Å²) >= 11 is 0. The van der Waals surface area contributed by atoms with Crippen LogP contribution in [0, 0.1) is 18.3 Å². The molecule has 33 heteroatoms. The van der Waals surface area contributed by atoms with E-state index in [1.54, 1.807) is 70.9 Å². The first-order chi connectivity index (χ1) is 51.6. The molecule has 1 saturated carbocycles. The van der Waals surface area contributed by atoms with Gasteiger partial charge in [0.05, 0.1) is 160 Å². The van der Waals surface area contributed by atoms with Crippen LogP contribution in [0.2, 0.25) is 0 Å². The van der Waals surface area contributed by atoms with Crippen LogP contribution < -0.4 is 32.6 Å². The molecule has 7 N–H and O–H groups in total. The smallest absolute Gasteiger partial charge is 0.508 e. The Balaban J connectivity index is 0.528. The first-order valence-electron chi connectivity index (χ1n) is 36.2. The number of imide groups is 1. The minimum absolute atomic E-state index is 0.0219. The number of cyclic esters (lactones) is 1. The van der Waals surface area contributed by atoms with E-state index in [1.165, 1.54) is 11.3 Å². The Labute approximate surface area is 613 Å². The maximum atomic E-state index is 14.1. The number of nitrogens with one attached hydrogen (secondary N) is 4. The number of likely N-dealkylation sites (tertiary alicyclic amines) is 1. The molecular weight excluding hydrogens is 1380 g/mol. The average molecular weight is 1480 g/mol. The van der Waals surface area contributed by atoms with E-state index in [0.29, 0.717) is 172 Å². The number of amides is 6. The number of nitrogens with zero attached hydrogens (tertiary/aromatic N) is 6. The Morgan fingerprint density at radius 3 is 2.00 bits per heavy atom. The van der Waals surface area contributed by atoms with Gasteiger partial charge in [-0.3, -0.25) is 38.5 Å². The number of hydrogen-bond acceptors (Lipinski definition) is 26. The van der Waals surface area contributed by atoms with Gasteiger partial charge in [0.25, 0.3) is 5.56 Å². The van der Waals surface area contributed by atoms with E-state index in [0.717, 1.165) is 42.2 Å². The van der Waals surface area contributed by atoms with Crippen LogP contribution in [0.5, 0.6) is 5.75 Å². The van der Waals surface area contributed by atoms with Crippen molar-refractivity contribution >= 4 is 64.2 Å². The third kappa shape index (κ3) is 23.8. The molecule has 1 radical (unpaired) electrons. The summed E-state index contributed by atoms with van der Waals surface area (Å²) in [5.74, 6) is -2.61. The zero-order valence-electron chi connectivity index (χ0n) is 60.2. The lowest BCUT2D eigenvalue weighted by Gasteiger charge is -2.35. The summed E-state index contributed by atoms with van der Waals surface area (Å²) in [7, 11) is 0. The molecule has 3 aliphatic heterocycles. The van der Waals surface area contributed by atoms with Crippen LogP contribution in [0.25, 0.3) is 22.3 Å². The standard InChI is InChI=1S/C73H98N11O22/c1-3-55-56-39-54(85)16-17-60(56)79-67-57(55)44-83-62(67)40-59-58(70(83)92)46-104-71(93)73(59,4-2)106-72(94)105-45-50-10-14-52(15-11-50)77-69(91)61(7-5-6-20-74)78-64(87)48-103-47-63(86)75-21-23-95-25-27-97-29-31-99-33-35-101-37-38-102-36-34-100-32-30-98-28-26-96-24-22-82-43-53(80-81-82)41-76-68(90)51-12-8-49(9-13-51)42-84-65(88)18-19-66(84)89/h10-11,14-18,39-40,43,49,51,61,85H,3-9,12-13,19-38,41-42,44-48,74H2,1-2H3,(H,75,86)(H,76,90)(H,77,91)(H,78,87)/t49?,51?,61-,73-/m0/s1. The number of rotatable bonds is 48. The largest absolute Gasteiger partial charge is 0.510 e. The Kier molecular flexibility index (Phi) is 32.5. The molecule has 2 fully saturated rings. The number of benzene rings is 2. The number of anilines is 1. The van der Waals surface area contributed by atoms with E-state index in [1.807, 2.05) is 6.92 Å². The molecule has 4 aliphatic rings. The van der Waals surface area contributed by atoms with Crippen LogP contribution in [0.15, 0.2) is 59.5 Å². The van der Waals surface area contributed by atoms with E-state index >= 15 is 0 Å². The maximum absolute atomic E-state index is 14.1. The Morgan fingerprint density at radius 1 is 0.736 bits per heavy atom. The number of carbonyl (C=O) groups is 8. The van der Waals surface area contributed by atoms with Crippen molar-refractivity contribution < 1.29 is 100 Å². The number of phenols is 1. The van der Waals surface area contributed by atoms with Crippen molar-refractivity contribution in [3.8, 4) is 17.1 Å². The molecule has 0 unspecified atom stereocenters. The summed E-state index contributed by atoms with van der Waals surface area (Å²) in [6, 6.07) is 12.0. The molecule has 577 valence electrons. The van der Waals surface area contributed by atoms with Crippen LogP contribution in [-0.2, 0) is 135 Å². The second kappa shape index (κ2) is 42.4. The fourth-order valence-electron chi connectivity index (χ4n) is 12.7. The highest BCUT2D eigenvalue weighted by molar-refractivity contribution is 6.07. The minimum Gasteiger partial charge on any atom is -0.508 e. The van der Waals surface area contributed by atoms with Crippen LogP contribution >= 0.6 is 0 Å². The lowest BCUT2D eigenvalue weighted by molar-refractivity contribution is -0.175. The number of carbonyl (C=O) groups excluding carboxylic acids is 8. The Hall–Kier alpha value is -8.90. The van der Waals surface area contributed by atoms with E-state index < -0.39 is 60.3 Å². The molecule has 1 aliphatic carbocycles. The highest BCUT2D eigenvalue weighted by Gasteiger charge is 2.51. The van der Waals surface area contributed by atoms with Crippen LogP contribution in [-0.4, -0.2) is 227 Å². The SMILES string of the molecule is CCc1c2c(nc3ccc(O)cc13)-c1cc3c(c(=O)n1C2)COC(=O)[C@@]3(CC)OC(=O)OCc1ccc(NC(=O)[C@H](CCCCN)NC(=O)COCC(=O)NCCOCCOCCOCCOCCOCCOCCOCCOCCn2cc(CNC(=O)C3CCC(CN4C(=O)[CH]CC4=O)CC3)nn2)cc1. The van der Waals surface area contributed by atoms with Crippen molar-refractivity contribution in [2.45, 2.75) is 123 Å². The zero-order chi connectivity index (χ0) is 75.1. The number of aromatic hydroxyl groups is 1. The van der Waals surface area contributed by atoms with Gasteiger partial charge in [0, 0.05) is 47.6 Å². The van der Waals surface area contributed by atoms with Crippen molar-refractivity contribution in [3.63, 3.8) is 0 Å². The molecule has 2 aromatic carbocycles. The summed E-state index contributed by atoms with van der Waals surface area (Å²) in [5.41, 5.74) is 8.53. The van der Waals surface area contributed by atoms with E-state index in [-0.39, 0.29) is 105 Å². The van der Waals surface area contributed by atoms with E-state index in [4.69, 9.17) is 67.6 Å². The normalized spacial score (nSPS) is 17.0. The topological polar surface area (TPSA) is 411 Å². The number of ether oxygens (including phenoxy) is 12. The van der Waals surface area contributed by atoms with Gasteiger partial charge in [0.15, 0.2) is 0 Å². The molecule has 33 nitrogen and oxygen atoms in total. The monoisotopic (exact) mass is 1480 g/mol. The molecule has 0 spiro atoms. The number of aryl methyl sites for hydroxylation is 1. The third-order valence-corrected chi connectivity index (χ3v) is 18.4. The van der Waals surface area contributed by atoms with Crippen molar-refractivity contribution in [1.82, 2.24) is 45.4 Å². The van der Waals surface area contributed by atoms with E-state index in [9.17, 15) is 48.3 Å². The fraction of sp³-hybridized carbons (Fsp3) is 0.575. The highest BCUT2D eigenvalue weighted by Crippen LogP contribution is 2.43. The van der Waals surface area contributed by atoms with Crippen LogP contribution in [0.3, 0.4) is 0 Å². The zero-order valence-corrected chi connectivity index (χ0v) is 60.2. The van der Waals surface area contributed by atoms with Crippen molar-refractivity contribution in [1.29, 1.82) is 0 Å². The van der Waals surface area contributed by atoms with Gasteiger partial charge in [-0.25, -0.2) is 19.3 Å². The third-order valence-electron chi connectivity index (χ3n) is 18.4. The second-order valence-electron chi connectivity index (χ2n) is 25.7. The van der Waals surface area contributed by atoms with Crippen molar-refractivity contribution in [2.75, 3.05) is 144 Å². The predicted octanol–water partition coefficient (Wildman–Crippen LogP) is 3.20. The molecule has 6 amide bonds. The van der Waals surface area contributed by atoms with Crippen LogP contribution in [0.1, 0.15) is 105 Å².